The Morgan fingerprint density at radius 1 is 1.05 bits per heavy atom. The summed E-state index contributed by atoms with van der Waals surface area (Å²) in [6, 6.07) is 15.6. The Kier molecular flexibility index (Phi) is 3.62. The molecule has 108 valence electrons. The number of ketones is 1. The van der Waals surface area contributed by atoms with Crippen LogP contribution in [0.25, 0.3) is 10.8 Å². The maximum atomic E-state index is 12.3. The molecule has 0 saturated carbocycles. The predicted octanol–water partition coefficient (Wildman–Crippen LogP) is 2.92. The number of hydrogen-bond donors (Lipinski definition) is 0. The number of fused-ring (bicyclic) bond motifs is 1. The summed E-state index contributed by atoms with van der Waals surface area (Å²) < 4.78 is 1.78. The molecule has 0 aliphatic rings. The van der Waals surface area contributed by atoms with Crippen molar-refractivity contribution in [2.45, 2.75) is 6.54 Å². The number of non-ortho nitro benzene ring substituents is 1. The average molecular weight is 293 g/mol. The summed E-state index contributed by atoms with van der Waals surface area (Å²) in [6.45, 7) is 0.145. The van der Waals surface area contributed by atoms with Gasteiger partial charge in [0.1, 0.15) is 0 Å². The summed E-state index contributed by atoms with van der Waals surface area (Å²) >= 11 is 0. The largest absolute Gasteiger partial charge is 0.287 e. The van der Waals surface area contributed by atoms with E-state index in [4.69, 9.17) is 0 Å². The molecule has 5 heteroatoms. The van der Waals surface area contributed by atoms with E-state index in [-0.39, 0.29) is 18.0 Å². The van der Waals surface area contributed by atoms with Crippen LogP contribution in [0.2, 0.25) is 0 Å². The molecule has 1 heterocycles. The topological polar surface area (TPSA) is 64.1 Å². The smallest absolute Gasteiger partial charge is 0.270 e. The Bertz CT molecular complexity index is 874. The zero-order chi connectivity index (χ0) is 15.5. The SMILES string of the molecule is O=C(C[n+]1ccc2ccccc2c1)c1cccc([N+](=O)[O-])c1. The molecule has 0 unspecified atom stereocenters. The van der Waals surface area contributed by atoms with Gasteiger partial charge in [-0.25, -0.2) is 0 Å². The van der Waals surface area contributed by atoms with Crippen molar-refractivity contribution in [1.29, 1.82) is 0 Å². The van der Waals surface area contributed by atoms with Crippen molar-refractivity contribution >= 4 is 22.2 Å². The van der Waals surface area contributed by atoms with Gasteiger partial charge in [-0.15, -0.1) is 0 Å². The van der Waals surface area contributed by atoms with E-state index in [9.17, 15) is 14.9 Å². The van der Waals surface area contributed by atoms with Crippen molar-refractivity contribution in [3.63, 3.8) is 0 Å². The van der Waals surface area contributed by atoms with Crippen LogP contribution in [0.5, 0.6) is 0 Å². The lowest BCUT2D eigenvalue weighted by atomic mass is 10.1. The quantitative estimate of drug-likeness (QED) is 0.321. The fourth-order valence-corrected chi connectivity index (χ4v) is 2.33. The number of hydrogen-bond acceptors (Lipinski definition) is 3. The van der Waals surface area contributed by atoms with E-state index in [1.54, 1.807) is 10.6 Å². The third-order valence-electron chi connectivity index (χ3n) is 3.45. The normalized spacial score (nSPS) is 10.5. The lowest BCUT2D eigenvalue weighted by Crippen LogP contribution is -2.37. The minimum absolute atomic E-state index is 0.0747. The van der Waals surface area contributed by atoms with E-state index in [1.807, 2.05) is 42.7 Å². The fourth-order valence-electron chi connectivity index (χ4n) is 2.33. The van der Waals surface area contributed by atoms with Gasteiger partial charge in [-0.1, -0.05) is 30.3 Å². The van der Waals surface area contributed by atoms with E-state index < -0.39 is 4.92 Å². The number of benzene rings is 2. The maximum Gasteiger partial charge on any atom is 0.270 e. The first-order valence-electron chi connectivity index (χ1n) is 6.79. The molecule has 0 fully saturated rings. The first-order chi connectivity index (χ1) is 10.6. The number of nitro benzene ring substituents is 1. The molecule has 0 radical (unpaired) electrons. The van der Waals surface area contributed by atoms with Crippen LogP contribution in [0.1, 0.15) is 10.4 Å². The second kappa shape index (κ2) is 5.73. The number of carbonyl (C=O) groups is 1. The molecule has 0 aliphatic carbocycles. The number of nitrogens with zero attached hydrogens (tertiary/aromatic N) is 2. The molecular weight excluding hydrogens is 280 g/mol. The standard InChI is InChI=1S/C17H13N2O3/c20-17(14-6-3-7-16(10-14)19(21)22)12-18-9-8-13-4-1-2-5-15(13)11-18/h1-11H,12H2/q+1. The Morgan fingerprint density at radius 3 is 2.59 bits per heavy atom. The van der Waals surface area contributed by atoms with Gasteiger partial charge in [0.25, 0.3) is 5.69 Å². The zero-order valence-corrected chi connectivity index (χ0v) is 11.7. The lowest BCUT2D eigenvalue weighted by Gasteiger charge is -2.00. The number of carbonyl (C=O) groups excluding carboxylic acids is 1. The van der Waals surface area contributed by atoms with Crippen molar-refractivity contribution in [3.05, 3.63) is 82.7 Å². The van der Waals surface area contributed by atoms with Crippen LogP contribution in [0.4, 0.5) is 5.69 Å². The summed E-state index contributed by atoms with van der Waals surface area (Å²) in [5, 5.41) is 12.9. The van der Waals surface area contributed by atoms with Gasteiger partial charge in [0, 0.05) is 29.1 Å². The molecule has 0 saturated heterocycles. The van der Waals surface area contributed by atoms with E-state index in [0.29, 0.717) is 5.56 Å². The number of Topliss-reactive ketones (excluding diaryl/α,β-unsaturated/α-hetero) is 1. The van der Waals surface area contributed by atoms with Gasteiger partial charge < -0.3 is 0 Å². The van der Waals surface area contributed by atoms with Crippen LogP contribution in [-0.2, 0) is 6.54 Å². The first-order valence-corrected chi connectivity index (χ1v) is 6.79. The Hall–Kier alpha value is -3.08. The minimum atomic E-state index is -0.500. The highest BCUT2D eigenvalue weighted by molar-refractivity contribution is 5.95. The van der Waals surface area contributed by atoms with Gasteiger partial charge >= 0.3 is 0 Å². The fraction of sp³-hybridized carbons (Fsp3) is 0.0588. The van der Waals surface area contributed by atoms with E-state index >= 15 is 0 Å². The summed E-state index contributed by atoms with van der Waals surface area (Å²) in [4.78, 5) is 22.6. The van der Waals surface area contributed by atoms with Crippen molar-refractivity contribution in [3.8, 4) is 0 Å². The second-order valence-electron chi connectivity index (χ2n) is 4.98. The van der Waals surface area contributed by atoms with E-state index in [0.717, 1.165) is 10.8 Å². The number of rotatable bonds is 4. The molecule has 3 rings (SSSR count). The van der Waals surface area contributed by atoms with Gasteiger partial charge in [0.2, 0.25) is 12.3 Å². The maximum absolute atomic E-state index is 12.3. The van der Waals surface area contributed by atoms with Gasteiger partial charge in [-0.2, -0.15) is 4.57 Å². The Morgan fingerprint density at radius 2 is 1.82 bits per heavy atom. The molecule has 0 amide bonds. The van der Waals surface area contributed by atoms with Gasteiger partial charge in [0.15, 0.2) is 12.4 Å². The van der Waals surface area contributed by atoms with Crippen LogP contribution in [0, 0.1) is 10.1 Å². The molecule has 0 atom stereocenters. The molecule has 5 nitrogen and oxygen atoms in total. The molecule has 0 bridgehead atoms. The van der Waals surface area contributed by atoms with Gasteiger partial charge in [-0.3, -0.25) is 14.9 Å². The number of aromatic nitrogens is 1. The van der Waals surface area contributed by atoms with E-state index in [1.165, 1.54) is 18.2 Å². The highest BCUT2D eigenvalue weighted by atomic mass is 16.6. The molecule has 0 N–H and O–H groups in total. The second-order valence-corrected chi connectivity index (χ2v) is 4.98. The van der Waals surface area contributed by atoms with Crippen LogP contribution in [0.3, 0.4) is 0 Å². The highest BCUT2D eigenvalue weighted by Gasteiger charge is 2.15. The third kappa shape index (κ3) is 2.83. The van der Waals surface area contributed by atoms with Gasteiger partial charge in [0.05, 0.1) is 4.92 Å². The lowest BCUT2D eigenvalue weighted by molar-refractivity contribution is -0.681. The van der Waals surface area contributed by atoms with Crippen molar-refractivity contribution in [2.24, 2.45) is 0 Å². The molecular formula is C17H13N2O3+. The number of pyridine rings is 1. The van der Waals surface area contributed by atoms with Gasteiger partial charge in [-0.05, 0) is 11.5 Å². The average Bonchev–Trinajstić information content (AvgIpc) is 2.55. The monoisotopic (exact) mass is 293 g/mol. The molecule has 0 spiro atoms. The van der Waals surface area contributed by atoms with Crippen molar-refractivity contribution in [2.75, 3.05) is 0 Å². The number of nitro groups is 1. The van der Waals surface area contributed by atoms with Crippen LogP contribution >= 0.6 is 0 Å². The van der Waals surface area contributed by atoms with E-state index in [2.05, 4.69) is 0 Å². The zero-order valence-electron chi connectivity index (χ0n) is 11.7. The van der Waals surface area contributed by atoms with Crippen LogP contribution in [0.15, 0.2) is 67.0 Å². The summed E-state index contributed by atoms with van der Waals surface area (Å²) in [6.07, 6.45) is 3.72. The predicted molar refractivity (Wildman–Crippen MR) is 81.6 cm³/mol. The highest BCUT2D eigenvalue weighted by Crippen LogP contribution is 2.14. The summed E-state index contributed by atoms with van der Waals surface area (Å²) in [7, 11) is 0. The molecule has 22 heavy (non-hydrogen) atoms. The Labute approximate surface area is 126 Å². The van der Waals surface area contributed by atoms with Crippen molar-refractivity contribution < 1.29 is 14.3 Å². The van der Waals surface area contributed by atoms with Crippen LogP contribution < -0.4 is 4.57 Å². The summed E-state index contributed by atoms with van der Waals surface area (Å²) in [5.41, 5.74) is 0.268. The molecule has 1 aromatic heterocycles. The molecule has 0 aliphatic heterocycles. The molecule has 3 aromatic rings. The van der Waals surface area contributed by atoms with Crippen molar-refractivity contribution in [1.82, 2.24) is 0 Å². The first kappa shape index (κ1) is 13.9. The minimum Gasteiger partial charge on any atom is -0.287 e. The Balaban J connectivity index is 1.86. The van der Waals surface area contributed by atoms with Crippen LogP contribution in [-0.4, -0.2) is 10.7 Å². The summed E-state index contributed by atoms with van der Waals surface area (Å²) in [5.74, 6) is -0.163. The third-order valence-corrected chi connectivity index (χ3v) is 3.45. The molecule has 2 aromatic carbocycles.